The number of nitrogens with zero attached hydrogens (tertiary/aromatic N) is 3. The highest BCUT2D eigenvalue weighted by atomic mass is 16.5. The molecular weight excluding hydrogens is 284 g/mol. The van der Waals surface area contributed by atoms with Crippen LogP contribution in [-0.2, 0) is 17.8 Å². The second-order valence-electron chi connectivity index (χ2n) is 4.39. The van der Waals surface area contributed by atoms with Crippen molar-refractivity contribution >= 4 is 6.09 Å². The van der Waals surface area contributed by atoms with Gasteiger partial charge in [0.25, 0.3) is 0 Å². The zero-order valence-corrected chi connectivity index (χ0v) is 12.2. The van der Waals surface area contributed by atoms with E-state index < -0.39 is 6.09 Å². The molecule has 114 valence electrons. The molecule has 7 nitrogen and oxygen atoms in total. The summed E-state index contributed by atoms with van der Waals surface area (Å²) in [5.74, 6) is 3.02. The minimum atomic E-state index is -0.581. The maximum absolute atomic E-state index is 11.2. The number of amides is 1. The zero-order chi connectivity index (χ0) is 15.8. The lowest BCUT2D eigenvalue weighted by atomic mass is 10.2. The average molecular weight is 300 g/mol. The van der Waals surface area contributed by atoms with Crippen LogP contribution in [0.4, 0.5) is 4.79 Å². The molecule has 0 aliphatic rings. The van der Waals surface area contributed by atoms with Gasteiger partial charge in [-0.3, -0.25) is 0 Å². The van der Waals surface area contributed by atoms with Gasteiger partial charge in [0, 0.05) is 0 Å². The number of alkyl carbamates (subject to hydrolysis) is 1. The highest BCUT2D eigenvalue weighted by Crippen LogP contribution is 2.12. The van der Waals surface area contributed by atoms with E-state index in [0.717, 1.165) is 11.3 Å². The van der Waals surface area contributed by atoms with Gasteiger partial charge < -0.3 is 14.8 Å². The van der Waals surface area contributed by atoms with Gasteiger partial charge in [-0.15, -0.1) is 11.5 Å². The first-order valence-corrected chi connectivity index (χ1v) is 6.57. The summed E-state index contributed by atoms with van der Waals surface area (Å²) < 4.78 is 11.5. The van der Waals surface area contributed by atoms with Gasteiger partial charge in [0.1, 0.15) is 11.4 Å². The van der Waals surface area contributed by atoms with Crippen LogP contribution in [0.25, 0.3) is 0 Å². The summed E-state index contributed by atoms with van der Waals surface area (Å²) in [5, 5.41) is 10.5. The summed E-state index contributed by atoms with van der Waals surface area (Å²) in [4.78, 5) is 11.2. The number of aromatic nitrogens is 3. The van der Waals surface area contributed by atoms with E-state index in [2.05, 4.69) is 26.3 Å². The van der Waals surface area contributed by atoms with Crippen LogP contribution in [0.1, 0.15) is 11.3 Å². The maximum Gasteiger partial charge on any atom is 0.408 e. The molecule has 1 heterocycles. The minimum Gasteiger partial charge on any atom is -0.497 e. The van der Waals surface area contributed by atoms with Crippen molar-refractivity contribution in [2.24, 2.45) is 0 Å². The van der Waals surface area contributed by atoms with Crippen LogP contribution in [0.15, 0.2) is 30.5 Å². The lowest BCUT2D eigenvalue weighted by molar-refractivity contribution is 0.159. The maximum atomic E-state index is 11.2. The Hall–Kier alpha value is -3.01. The third-order valence-corrected chi connectivity index (χ3v) is 2.79. The molecule has 7 heteroatoms. The van der Waals surface area contributed by atoms with Crippen molar-refractivity contribution in [2.45, 2.75) is 13.1 Å². The first-order chi connectivity index (χ1) is 10.7. The molecule has 22 heavy (non-hydrogen) atoms. The standard InChI is InChI=1S/C15H16N4O3/c1-3-8-22-15(20)16-9-13-11-19(18-17-13)10-12-4-6-14(21-2)7-5-12/h1,4-7,11H,8-10H2,2H3,(H,16,20). The lowest BCUT2D eigenvalue weighted by Crippen LogP contribution is -2.24. The van der Waals surface area contributed by atoms with Crippen molar-refractivity contribution in [2.75, 3.05) is 13.7 Å². The molecule has 0 saturated carbocycles. The Morgan fingerprint density at radius 2 is 2.18 bits per heavy atom. The van der Waals surface area contributed by atoms with Crippen LogP contribution >= 0.6 is 0 Å². The van der Waals surface area contributed by atoms with Crippen molar-refractivity contribution in [1.82, 2.24) is 20.3 Å². The Kier molecular flexibility index (Phi) is 5.37. The highest BCUT2D eigenvalue weighted by Gasteiger charge is 2.05. The molecular formula is C15H16N4O3. The summed E-state index contributed by atoms with van der Waals surface area (Å²) in [6, 6.07) is 7.68. The van der Waals surface area contributed by atoms with Crippen LogP contribution < -0.4 is 10.1 Å². The Bertz CT molecular complexity index is 658. The Balaban J connectivity index is 1.85. The fourth-order valence-corrected chi connectivity index (χ4v) is 1.74. The summed E-state index contributed by atoms with van der Waals surface area (Å²) >= 11 is 0. The van der Waals surface area contributed by atoms with Gasteiger partial charge in [-0.05, 0) is 17.7 Å². The van der Waals surface area contributed by atoms with E-state index in [1.165, 1.54) is 0 Å². The molecule has 0 aliphatic heterocycles. The van der Waals surface area contributed by atoms with Crippen LogP contribution in [0.2, 0.25) is 0 Å². The molecule has 1 aromatic carbocycles. The smallest absolute Gasteiger partial charge is 0.408 e. The number of rotatable bonds is 6. The average Bonchev–Trinajstić information content (AvgIpc) is 2.99. The fourth-order valence-electron chi connectivity index (χ4n) is 1.74. The van der Waals surface area contributed by atoms with E-state index in [1.807, 2.05) is 24.3 Å². The topological polar surface area (TPSA) is 78.3 Å². The number of benzene rings is 1. The van der Waals surface area contributed by atoms with Crippen molar-refractivity contribution in [3.63, 3.8) is 0 Å². The molecule has 1 aromatic heterocycles. The predicted octanol–water partition coefficient (Wildman–Crippen LogP) is 1.19. The van der Waals surface area contributed by atoms with E-state index in [-0.39, 0.29) is 13.2 Å². The Morgan fingerprint density at radius 3 is 2.86 bits per heavy atom. The number of carbonyl (C=O) groups is 1. The number of carbonyl (C=O) groups excluding carboxylic acids is 1. The third kappa shape index (κ3) is 4.52. The molecule has 1 N–H and O–H groups in total. The van der Waals surface area contributed by atoms with Gasteiger partial charge in [-0.25, -0.2) is 9.48 Å². The van der Waals surface area contributed by atoms with Crippen LogP contribution in [0.3, 0.4) is 0 Å². The summed E-state index contributed by atoms with van der Waals surface area (Å²) in [5.41, 5.74) is 1.70. The first kappa shape index (κ1) is 15.4. The van der Waals surface area contributed by atoms with Gasteiger partial charge in [0.15, 0.2) is 6.61 Å². The van der Waals surface area contributed by atoms with E-state index >= 15 is 0 Å². The van der Waals surface area contributed by atoms with E-state index in [9.17, 15) is 4.79 Å². The molecule has 2 rings (SSSR count). The molecule has 0 unspecified atom stereocenters. The van der Waals surface area contributed by atoms with E-state index in [0.29, 0.717) is 12.2 Å². The summed E-state index contributed by atoms with van der Waals surface area (Å²) in [6.45, 7) is 0.751. The molecule has 0 saturated heterocycles. The molecule has 0 atom stereocenters. The summed E-state index contributed by atoms with van der Waals surface area (Å²) in [6.07, 6.45) is 6.17. The minimum absolute atomic E-state index is 0.0595. The fraction of sp³-hybridized carbons (Fsp3) is 0.267. The molecule has 2 aromatic rings. The molecule has 1 amide bonds. The SMILES string of the molecule is C#CCOC(=O)NCc1cn(Cc2ccc(OC)cc2)nn1. The van der Waals surface area contributed by atoms with Gasteiger partial charge in [0.05, 0.1) is 26.4 Å². The van der Waals surface area contributed by atoms with Crippen LogP contribution in [-0.4, -0.2) is 34.8 Å². The third-order valence-electron chi connectivity index (χ3n) is 2.79. The van der Waals surface area contributed by atoms with E-state index in [1.54, 1.807) is 18.0 Å². The number of hydrogen-bond acceptors (Lipinski definition) is 5. The number of ether oxygens (including phenoxy) is 2. The molecule has 0 aliphatic carbocycles. The number of terminal acetylenes is 1. The van der Waals surface area contributed by atoms with Gasteiger partial charge in [-0.2, -0.15) is 0 Å². The van der Waals surface area contributed by atoms with Crippen LogP contribution in [0.5, 0.6) is 5.75 Å². The lowest BCUT2D eigenvalue weighted by Gasteiger charge is -2.03. The largest absolute Gasteiger partial charge is 0.497 e. The predicted molar refractivity (Wildman–Crippen MR) is 79.1 cm³/mol. The van der Waals surface area contributed by atoms with Gasteiger partial charge in [0.2, 0.25) is 0 Å². The normalized spacial score (nSPS) is 9.82. The van der Waals surface area contributed by atoms with Gasteiger partial charge in [-0.1, -0.05) is 23.3 Å². The molecule has 0 fully saturated rings. The quantitative estimate of drug-likeness (QED) is 0.811. The number of hydrogen-bond donors (Lipinski definition) is 1. The van der Waals surface area contributed by atoms with Crippen molar-refractivity contribution in [3.8, 4) is 18.1 Å². The molecule has 0 radical (unpaired) electrons. The Morgan fingerprint density at radius 1 is 1.41 bits per heavy atom. The van der Waals surface area contributed by atoms with Gasteiger partial charge >= 0.3 is 6.09 Å². The summed E-state index contributed by atoms with van der Waals surface area (Å²) in [7, 11) is 1.63. The van der Waals surface area contributed by atoms with Crippen molar-refractivity contribution in [1.29, 1.82) is 0 Å². The molecule has 0 bridgehead atoms. The first-order valence-electron chi connectivity index (χ1n) is 6.57. The van der Waals surface area contributed by atoms with Crippen LogP contribution in [0, 0.1) is 12.3 Å². The Labute approximate surface area is 128 Å². The van der Waals surface area contributed by atoms with Crippen molar-refractivity contribution < 1.29 is 14.3 Å². The zero-order valence-electron chi connectivity index (χ0n) is 12.2. The van der Waals surface area contributed by atoms with E-state index in [4.69, 9.17) is 11.2 Å². The second kappa shape index (κ2) is 7.69. The highest BCUT2D eigenvalue weighted by molar-refractivity contribution is 5.67. The van der Waals surface area contributed by atoms with Crippen molar-refractivity contribution in [3.05, 3.63) is 41.7 Å². The number of methoxy groups -OCH3 is 1. The second-order valence-corrected chi connectivity index (χ2v) is 4.39. The number of nitrogens with one attached hydrogen (secondary N) is 1. The molecule has 0 spiro atoms. The monoisotopic (exact) mass is 300 g/mol.